The van der Waals surface area contributed by atoms with Gasteiger partial charge in [-0.3, -0.25) is 9.67 Å². The van der Waals surface area contributed by atoms with Gasteiger partial charge >= 0.3 is 0 Å². The van der Waals surface area contributed by atoms with Gasteiger partial charge in [-0.1, -0.05) is 19.9 Å². The van der Waals surface area contributed by atoms with Crippen LogP contribution in [0.1, 0.15) is 25.1 Å². The Morgan fingerprint density at radius 1 is 1.19 bits per heavy atom. The van der Waals surface area contributed by atoms with E-state index in [0.29, 0.717) is 0 Å². The van der Waals surface area contributed by atoms with E-state index in [2.05, 4.69) is 46.4 Å². The highest BCUT2D eigenvalue weighted by atomic mass is 15.3. The predicted octanol–water partition coefficient (Wildman–Crippen LogP) is 2.54. The van der Waals surface area contributed by atoms with Crippen molar-refractivity contribution in [2.24, 2.45) is 0 Å². The van der Waals surface area contributed by atoms with Gasteiger partial charge in [-0.05, 0) is 31.6 Å². The highest BCUT2D eigenvalue weighted by molar-refractivity contribution is 5.38. The van der Waals surface area contributed by atoms with Crippen LogP contribution in [0.5, 0.6) is 0 Å². The lowest BCUT2D eigenvalue weighted by atomic mass is 10.3. The Hall–Kier alpha value is -1.88. The van der Waals surface area contributed by atoms with Crippen LogP contribution in [0.2, 0.25) is 0 Å². The van der Waals surface area contributed by atoms with Crippen molar-refractivity contribution in [1.82, 2.24) is 19.7 Å². The van der Waals surface area contributed by atoms with Crippen molar-refractivity contribution >= 4 is 5.69 Å². The third-order valence-corrected chi connectivity index (χ3v) is 3.62. The summed E-state index contributed by atoms with van der Waals surface area (Å²) in [4.78, 5) is 6.78. The van der Waals surface area contributed by atoms with Crippen LogP contribution in [-0.4, -0.2) is 39.3 Å². The Morgan fingerprint density at radius 3 is 2.67 bits per heavy atom. The van der Waals surface area contributed by atoms with Gasteiger partial charge < -0.3 is 10.2 Å². The summed E-state index contributed by atoms with van der Waals surface area (Å²) in [5.74, 6) is 0. The highest BCUT2D eigenvalue weighted by Gasteiger charge is 2.02. The first-order valence-corrected chi connectivity index (χ1v) is 7.61. The standard InChI is InChI=1S/C16H25N5/c1-4-20(5-2)8-9-21-13-16(12-19-21)18-11-15-7-6-14(3)10-17-15/h6-7,10,12-13,18H,4-5,8-9,11H2,1-3H3. The summed E-state index contributed by atoms with van der Waals surface area (Å²) in [6.07, 6.45) is 5.82. The molecule has 0 aliphatic rings. The maximum Gasteiger partial charge on any atom is 0.0729 e. The molecule has 0 radical (unpaired) electrons. The number of rotatable bonds is 8. The minimum absolute atomic E-state index is 0.724. The van der Waals surface area contributed by atoms with Gasteiger partial charge in [0.15, 0.2) is 0 Å². The van der Waals surface area contributed by atoms with Crippen molar-refractivity contribution in [3.8, 4) is 0 Å². The molecule has 2 rings (SSSR count). The van der Waals surface area contributed by atoms with Crippen LogP contribution in [0.15, 0.2) is 30.7 Å². The molecule has 0 aliphatic heterocycles. The van der Waals surface area contributed by atoms with E-state index in [-0.39, 0.29) is 0 Å². The zero-order valence-electron chi connectivity index (χ0n) is 13.2. The number of anilines is 1. The molecule has 0 spiro atoms. The summed E-state index contributed by atoms with van der Waals surface area (Å²) in [6.45, 7) is 11.3. The van der Waals surface area contributed by atoms with E-state index in [0.717, 1.165) is 44.1 Å². The van der Waals surface area contributed by atoms with E-state index in [1.54, 1.807) is 0 Å². The van der Waals surface area contributed by atoms with E-state index < -0.39 is 0 Å². The zero-order valence-corrected chi connectivity index (χ0v) is 13.2. The molecule has 0 saturated heterocycles. The van der Waals surface area contributed by atoms with Crippen molar-refractivity contribution in [3.63, 3.8) is 0 Å². The smallest absolute Gasteiger partial charge is 0.0729 e. The lowest BCUT2D eigenvalue weighted by molar-refractivity contribution is 0.285. The van der Waals surface area contributed by atoms with E-state index in [4.69, 9.17) is 0 Å². The van der Waals surface area contributed by atoms with Crippen LogP contribution in [0, 0.1) is 6.92 Å². The molecular weight excluding hydrogens is 262 g/mol. The molecule has 2 aromatic rings. The molecule has 0 aliphatic carbocycles. The lowest BCUT2D eigenvalue weighted by Crippen LogP contribution is -2.27. The third kappa shape index (κ3) is 4.86. The molecule has 5 heteroatoms. The first kappa shape index (κ1) is 15.5. The second-order valence-corrected chi connectivity index (χ2v) is 5.20. The van der Waals surface area contributed by atoms with Gasteiger partial charge in [0.1, 0.15) is 0 Å². The van der Waals surface area contributed by atoms with Crippen LogP contribution in [-0.2, 0) is 13.1 Å². The zero-order chi connectivity index (χ0) is 15.1. The molecule has 0 bridgehead atoms. The SMILES string of the molecule is CCN(CC)CCn1cc(NCc2ccc(C)cn2)cn1. The monoisotopic (exact) mass is 287 g/mol. The molecule has 21 heavy (non-hydrogen) atoms. The Balaban J connectivity index is 1.81. The summed E-state index contributed by atoms with van der Waals surface area (Å²) in [7, 11) is 0. The van der Waals surface area contributed by atoms with Gasteiger partial charge in [0.05, 0.1) is 30.7 Å². The molecule has 0 aromatic carbocycles. The average molecular weight is 287 g/mol. The fourth-order valence-corrected chi connectivity index (χ4v) is 2.16. The van der Waals surface area contributed by atoms with Gasteiger partial charge in [0.2, 0.25) is 0 Å². The van der Waals surface area contributed by atoms with Crippen molar-refractivity contribution in [3.05, 3.63) is 42.0 Å². The quantitative estimate of drug-likeness (QED) is 0.810. The Bertz CT molecular complexity index is 528. The van der Waals surface area contributed by atoms with Crippen molar-refractivity contribution in [2.45, 2.75) is 33.9 Å². The Kier molecular flexibility index (Phi) is 5.75. The van der Waals surface area contributed by atoms with Crippen LogP contribution in [0.4, 0.5) is 5.69 Å². The Morgan fingerprint density at radius 2 is 2.00 bits per heavy atom. The number of aryl methyl sites for hydroxylation is 1. The summed E-state index contributed by atoms with van der Waals surface area (Å²) in [5.41, 5.74) is 3.26. The van der Waals surface area contributed by atoms with Crippen molar-refractivity contribution < 1.29 is 0 Å². The topological polar surface area (TPSA) is 46.0 Å². The molecule has 2 heterocycles. The number of nitrogens with zero attached hydrogens (tertiary/aromatic N) is 4. The van der Waals surface area contributed by atoms with Crippen LogP contribution in [0.3, 0.4) is 0 Å². The highest BCUT2D eigenvalue weighted by Crippen LogP contribution is 2.07. The van der Waals surface area contributed by atoms with Crippen molar-refractivity contribution in [1.29, 1.82) is 0 Å². The fourth-order valence-electron chi connectivity index (χ4n) is 2.16. The van der Waals surface area contributed by atoms with Crippen LogP contribution in [0.25, 0.3) is 0 Å². The second-order valence-electron chi connectivity index (χ2n) is 5.20. The molecule has 0 unspecified atom stereocenters. The first-order valence-electron chi connectivity index (χ1n) is 7.61. The molecule has 0 atom stereocenters. The predicted molar refractivity (Wildman–Crippen MR) is 86.3 cm³/mol. The van der Waals surface area contributed by atoms with E-state index in [1.807, 2.05) is 30.1 Å². The van der Waals surface area contributed by atoms with E-state index in [9.17, 15) is 0 Å². The minimum Gasteiger partial charge on any atom is -0.377 e. The number of aromatic nitrogens is 3. The van der Waals surface area contributed by atoms with Gasteiger partial charge in [0, 0.05) is 18.9 Å². The third-order valence-electron chi connectivity index (χ3n) is 3.62. The molecule has 0 saturated carbocycles. The molecule has 0 amide bonds. The van der Waals surface area contributed by atoms with Gasteiger partial charge in [-0.25, -0.2) is 0 Å². The molecule has 5 nitrogen and oxygen atoms in total. The fraction of sp³-hybridized carbons (Fsp3) is 0.500. The number of likely N-dealkylation sites (N-methyl/N-ethyl adjacent to an activating group) is 1. The first-order chi connectivity index (χ1) is 10.2. The summed E-state index contributed by atoms with van der Waals surface area (Å²) >= 11 is 0. The van der Waals surface area contributed by atoms with Crippen LogP contribution >= 0.6 is 0 Å². The summed E-state index contributed by atoms with van der Waals surface area (Å²) < 4.78 is 1.99. The van der Waals surface area contributed by atoms with Crippen LogP contribution < -0.4 is 5.32 Å². The maximum absolute atomic E-state index is 4.39. The van der Waals surface area contributed by atoms with Gasteiger partial charge in [-0.2, -0.15) is 5.10 Å². The molecule has 1 N–H and O–H groups in total. The molecule has 2 aromatic heterocycles. The average Bonchev–Trinajstić information content (AvgIpc) is 2.96. The number of hydrogen-bond donors (Lipinski definition) is 1. The normalized spacial score (nSPS) is 11.0. The van der Waals surface area contributed by atoms with Gasteiger partial charge in [-0.15, -0.1) is 0 Å². The summed E-state index contributed by atoms with van der Waals surface area (Å²) in [6, 6.07) is 4.13. The molecular formula is C16H25N5. The number of pyridine rings is 1. The number of hydrogen-bond acceptors (Lipinski definition) is 4. The largest absolute Gasteiger partial charge is 0.377 e. The molecule has 0 fully saturated rings. The van der Waals surface area contributed by atoms with Crippen molar-refractivity contribution in [2.75, 3.05) is 25.0 Å². The van der Waals surface area contributed by atoms with E-state index >= 15 is 0 Å². The minimum atomic E-state index is 0.724. The van der Waals surface area contributed by atoms with Gasteiger partial charge in [0.25, 0.3) is 0 Å². The summed E-state index contributed by atoms with van der Waals surface area (Å²) in [5, 5.41) is 7.75. The second kappa shape index (κ2) is 7.78. The number of nitrogens with one attached hydrogen (secondary N) is 1. The lowest BCUT2D eigenvalue weighted by Gasteiger charge is -2.17. The molecule has 114 valence electrons. The maximum atomic E-state index is 4.39. The van der Waals surface area contributed by atoms with E-state index in [1.165, 1.54) is 5.56 Å². The Labute approximate surface area is 127 Å².